The summed E-state index contributed by atoms with van der Waals surface area (Å²) in [7, 11) is -2.95. The molecule has 1 saturated heterocycles. The average molecular weight is 312 g/mol. The zero-order valence-electron chi connectivity index (χ0n) is 12.0. The molecule has 6 nitrogen and oxygen atoms in total. The number of ether oxygens (including phenoxy) is 1. The Morgan fingerprint density at radius 2 is 2.05 bits per heavy atom. The summed E-state index contributed by atoms with van der Waals surface area (Å²) in [5.41, 5.74) is 6.41. The van der Waals surface area contributed by atoms with Crippen LogP contribution in [0.2, 0.25) is 0 Å². The molecule has 21 heavy (non-hydrogen) atoms. The van der Waals surface area contributed by atoms with Crippen molar-refractivity contribution >= 4 is 15.7 Å². The van der Waals surface area contributed by atoms with Crippen LogP contribution in [0.15, 0.2) is 24.3 Å². The largest absolute Gasteiger partial charge is 0.484 e. The molecule has 7 heteroatoms. The molecule has 0 aromatic heterocycles. The number of hydrazine groups is 1. The third-order valence-corrected chi connectivity index (χ3v) is 5.12. The summed E-state index contributed by atoms with van der Waals surface area (Å²) < 4.78 is 27.9. The molecule has 116 valence electrons. The van der Waals surface area contributed by atoms with Gasteiger partial charge >= 0.3 is 0 Å². The number of aryl methyl sites for hydroxylation is 1. The molecule has 0 spiro atoms. The Morgan fingerprint density at radius 1 is 1.33 bits per heavy atom. The van der Waals surface area contributed by atoms with Gasteiger partial charge in [0, 0.05) is 6.04 Å². The summed E-state index contributed by atoms with van der Waals surface area (Å²) in [6.45, 7) is 1.95. The first-order chi connectivity index (χ1) is 9.98. The van der Waals surface area contributed by atoms with Crippen LogP contribution in [0.4, 0.5) is 0 Å². The maximum atomic E-state index is 11.6. The van der Waals surface area contributed by atoms with E-state index in [1.807, 2.05) is 24.3 Å². The van der Waals surface area contributed by atoms with Crippen molar-refractivity contribution in [2.24, 2.45) is 0 Å². The van der Waals surface area contributed by atoms with Crippen molar-refractivity contribution in [2.45, 2.75) is 25.8 Å². The summed E-state index contributed by atoms with van der Waals surface area (Å²) in [5.74, 6) is 0.526. The highest BCUT2D eigenvalue weighted by Gasteiger charge is 2.27. The van der Waals surface area contributed by atoms with Crippen molar-refractivity contribution in [1.82, 2.24) is 10.9 Å². The van der Waals surface area contributed by atoms with Crippen LogP contribution in [0, 0.1) is 0 Å². The second-order valence-electron chi connectivity index (χ2n) is 5.08. The van der Waals surface area contributed by atoms with Gasteiger partial charge < -0.3 is 4.74 Å². The van der Waals surface area contributed by atoms with Gasteiger partial charge in [0.1, 0.15) is 5.75 Å². The number of carbonyl (C=O) groups excluding carboxylic acids is 1. The van der Waals surface area contributed by atoms with E-state index in [2.05, 4.69) is 17.8 Å². The molecule has 1 aromatic carbocycles. The summed E-state index contributed by atoms with van der Waals surface area (Å²) in [6, 6.07) is 7.33. The first kappa shape index (κ1) is 15.8. The minimum atomic E-state index is -2.95. The van der Waals surface area contributed by atoms with Crippen LogP contribution < -0.4 is 15.6 Å². The predicted octanol–water partition coefficient (Wildman–Crippen LogP) is 0.436. The van der Waals surface area contributed by atoms with Gasteiger partial charge in [-0.1, -0.05) is 19.1 Å². The van der Waals surface area contributed by atoms with Crippen molar-refractivity contribution in [3.8, 4) is 5.75 Å². The number of hydrogen-bond acceptors (Lipinski definition) is 5. The van der Waals surface area contributed by atoms with Crippen molar-refractivity contribution in [1.29, 1.82) is 0 Å². The van der Waals surface area contributed by atoms with Crippen molar-refractivity contribution in [3.05, 3.63) is 29.8 Å². The molecule has 2 N–H and O–H groups in total. The number of carbonyl (C=O) groups is 1. The molecule has 1 unspecified atom stereocenters. The first-order valence-corrected chi connectivity index (χ1v) is 8.77. The summed E-state index contributed by atoms with van der Waals surface area (Å²) in [6.07, 6.45) is 1.47. The van der Waals surface area contributed by atoms with Crippen LogP contribution in [0.3, 0.4) is 0 Å². The normalized spacial score (nSPS) is 20.1. The molecular formula is C14H20N2O4S. The second-order valence-corrected chi connectivity index (χ2v) is 7.31. The molecule has 1 aliphatic rings. The van der Waals surface area contributed by atoms with Gasteiger partial charge in [-0.3, -0.25) is 10.2 Å². The monoisotopic (exact) mass is 312 g/mol. The fourth-order valence-corrected chi connectivity index (χ4v) is 3.77. The van der Waals surface area contributed by atoms with E-state index in [4.69, 9.17) is 4.74 Å². The smallest absolute Gasteiger partial charge is 0.271 e. The van der Waals surface area contributed by atoms with Gasteiger partial charge in [-0.2, -0.15) is 0 Å². The molecule has 0 saturated carbocycles. The lowest BCUT2D eigenvalue weighted by molar-refractivity contribution is -0.124. The highest BCUT2D eigenvalue weighted by molar-refractivity contribution is 7.91. The van der Waals surface area contributed by atoms with Gasteiger partial charge in [0.15, 0.2) is 16.4 Å². The van der Waals surface area contributed by atoms with E-state index in [0.717, 1.165) is 6.42 Å². The molecule has 1 aliphatic heterocycles. The van der Waals surface area contributed by atoms with Crippen LogP contribution >= 0.6 is 0 Å². The maximum Gasteiger partial charge on any atom is 0.271 e. The lowest BCUT2D eigenvalue weighted by Crippen LogP contribution is -2.46. The number of benzene rings is 1. The summed E-state index contributed by atoms with van der Waals surface area (Å²) >= 11 is 0. The molecule has 1 amide bonds. The molecule has 1 aromatic rings. The topological polar surface area (TPSA) is 84.5 Å². The zero-order chi connectivity index (χ0) is 15.3. The lowest BCUT2D eigenvalue weighted by Gasteiger charge is -2.12. The first-order valence-electron chi connectivity index (χ1n) is 6.95. The second kappa shape index (κ2) is 6.91. The number of amides is 1. The van der Waals surface area contributed by atoms with E-state index in [1.165, 1.54) is 5.56 Å². The Balaban J connectivity index is 1.70. The van der Waals surface area contributed by atoms with Crippen molar-refractivity contribution in [2.75, 3.05) is 18.1 Å². The Bertz CT molecular complexity index is 583. The molecule has 1 fully saturated rings. The predicted molar refractivity (Wildman–Crippen MR) is 79.7 cm³/mol. The third kappa shape index (κ3) is 5.02. The van der Waals surface area contributed by atoms with E-state index in [-0.39, 0.29) is 30.1 Å². The van der Waals surface area contributed by atoms with Gasteiger partial charge in [-0.15, -0.1) is 0 Å². The number of nitrogens with one attached hydrogen (secondary N) is 2. The van der Waals surface area contributed by atoms with E-state index >= 15 is 0 Å². The highest BCUT2D eigenvalue weighted by Crippen LogP contribution is 2.12. The number of rotatable bonds is 6. The van der Waals surface area contributed by atoms with Crippen molar-refractivity contribution < 1.29 is 17.9 Å². The van der Waals surface area contributed by atoms with E-state index in [9.17, 15) is 13.2 Å². The minimum absolute atomic E-state index is 0.0621. The molecule has 1 heterocycles. The third-order valence-electron chi connectivity index (χ3n) is 3.35. The quantitative estimate of drug-likeness (QED) is 0.745. The zero-order valence-corrected chi connectivity index (χ0v) is 12.8. The van der Waals surface area contributed by atoms with Crippen LogP contribution in [-0.4, -0.2) is 38.5 Å². The lowest BCUT2D eigenvalue weighted by atomic mass is 10.2. The van der Waals surface area contributed by atoms with Gasteiger partial charge in [0.25, 0.3) is 5.91 Å². The molecule has 0 bridgehead atoms. The fourth-order valence-electron chi connectivity index (χ4n) is 2.10. The van der Waals surface area contributed by atoms with Crippen LogP contribution in [0.5, 0.6) is 5.75 Å². The standard InChI is InChI=1S/C14H20N2O4S/c1-2-11-3-5-13(6-4-11)20-9-14(17)16-15-12-7-8-21(18,19)10-12/h3-6,12,15H,2,7-10H2,1H3,(H,16,17). The van der Waals surface area contributed by atoms with E-state index in [1.54, 1.807) is 0 Å². The maximum absolute atomic E-state index is 11.6. The van der Waals surface area contributed by atoms with Gasteiger partial charge in [0.05, 0.1) is 11.5 Å². The Kier molecular flexibility index (Phi) is 5.19. The Hall–Kier alpha value is -1.60. The Morgan fingerprint density at radius 3 is 2.62 bits per heavy atom. The summed E-state index contributed by atoms with van der Waals surface area (Å²) in [5, 5.41) is 0. The molecule has 2 rings (SSSR count). The SMILES string of the molecule is CCc1ccc(OCC(=O)NNC2CCS(=O)(=O)C2)cc1. The Labute approximate surface area is 124 Å². The fraction of sp³-hybridized carbons (Fsp3) is 0.500. The van der Waals surface area contributed by atoms with Crippen LogP contribution in [0.25, 0.3) is 0 Å². The van der Waals surface area contributed by atoms with Crippen LogP contribution in [-0.2, 0) is 21.1 Å². The molecular weight excluding hydrogens is 292 g/mol. The highest BCUT2D eigenvalue weighted by atomic mass is 32.2. The van der Waals surface area contributed by atoms with E-state index in [0.29, 0.717) is 12.2 Å². The average Bonchev–Trinajstić information content (AvgIpc) is 2.83. The molecule has 1 atom stereocenters. The van der Waals surface area contributed by atoms with Gasteiger partial charge in [-0.05, 0) is 30.5 Å². The van der Waals surface area contributed by atoms with Gasteiger partial charge in [-0.25, -0.2) is 13.8 Å². The molecule has 0 aliphatic carbocycles. The number of sulfone groups is 1. The van der Waals surface area contributed by atoms with Crippen LogP contribution in [0.1, 0.15) is 18.9 Å². The van der Waals surface area contributed by atoms with E-state index < -0.39 is 9.84 Å². The molecule has 0 radical (unpaired) electrons. The number of hydrogen-bond donors (Lipinski definition) is 2. The van der Waals surface area contributed by atoms with Crippen molar-refractivity contribution in [3.63, 3.8) is 0 Å². The van der Waals surface area contributed by atoms with Gasteiger partial charge in [0.2, 0.25) is 0 Å². The summed E-state index contributed by atoms with van der Waals surface area (Å²) in [4.78, 5) is 11.6. The minimum Gasteiger partial charge on any atom is -0.484 e.